The van der Waals surface area contributed by atoms with E-state index in [1.165, 1.54) is 0 Å². The number of nitrogens with zero attached hydrogens (tertiary/aromatic N) is 1. The highest BCUT2D eigenvalue weighted by atomic mass is 16.5. The molecule has 0 radical (unpaired) electrons. The van der Waals surface area contributed by atoms with Crippen LogP contribution in [0.3, 0.4) is 0 Å². The Labute approximate surface area is 91.7 Å². The van der Waals surface area contributed by atoms with Gasteiger partial charge in [-0.2, -0.15) is 5.26 Å². The van der Waals surface area contributed by atoms with E-state index < -0.39 is 11.4 Å². The molecule has 0 saturated carbocycles. The first kappa shape index (κ1) is 13.7. The van der Waals surface area contributed by atoms with Crippen LogP contribution < -0.4 is 0 Å². The first-order chi connectivity index (χ1) is 7.08. The minimum atomic E-state index is -1.08. The van der Waals surface area contributed by atoms with Crippen molar-refractivity contribution in [1.82, 2.24) is 0 Å². The maximum atomic E-state index is 11.8. The van der Waals surface area contributed by atoms with E-state index in [1.54, 1.807) is 19.9 Å². The Bertz CT molecular complexity index is 288. The largest absolute Gasteiger partial charge is 0.465 e. The number of carbonyl (C=O) groups is 1. The molecule has 15 heavy (non-hydrogen) atoms. The summed E-state index contributed by atoms with van der Waals surface area (Å²) in [5, 5.41) is 9.21. The quantitative estimate of drug-likeness (QED) is 0.516. The van der Waals surface area contributed by atoms with E-state index in [2.05, 4.69) is 6.07 Å². The molecule has 0 aromatic carbocycles. The smallest absolute Gasteiger partial charge is 0.330 e. The molecule has 0 aliphatic heterocycles. The van der Waals surface area contributed by atoms with Crippen LogP contribution >= 0.6 is 0 Å². The fraction of sp³-hybridized carbons (Fsp3) is 0.667. The predicted octanol–water partition coefficient (Wildman–Crippen LogP) is 2.83. The van der Waals surface area contributed by atoms with Gasteiger partial charge in [0.15, 0.2) is 5.41 Å². The third-order valence-electron chi connectivity index (χ3n) is 2.55. The van der Waals surface area contributed by atoms with E-state index in [9.17, 15) is 10.1 Å². The topological polar surface area (TPSA) is 50.1 Å². The number of nitriles is 1. The van der Waals surface area contributed by atoms with Crippen molar-refractivity contribution in [2.75, 3.05) is 6.61 Å². The van der Waals surface area contributed by atoms with Gasteiger partial charge in [-0.05, 0) is 32.8 Å². The van der Waals surface area contributed by atoms with Gasteiger partial charge < -0.3 is 4.74 Å². The second-order valence-electron chi connectivity index (χ2n) is 3.46. The Morgan fingerprint density at radius 2 is 2.13 bits per heavy atom. The van der Waals surface area contributed by atoms with Gasteiger partial charge in [0.25, 0.3) is 0 Å². The molecule has 3 heteroatoms. The molecule has 0 aliphatic carbocycles. The van der Waals surface area contributed by atoms with Gasteiger partial charge in [0.2, 0.25) is 0 Å². The Balaban J connectivity index is 5.17. The van der Waals surface area contributed by atoms with Crippen molar-refractivity contribution < 1.29 is 9.53 Å². The highest BCUT2D eigenvalue weighted by Gasteiger charge is 2.40. The van der Waals surface area contributed by atoms with Gasteiger partial charge >= 0.3 is 5.97 Å². The zero-order valence-corrected chi connectivity index (χ0v) is 9.96. The lowest BCUT2D eigenvalue weighted by molar-refractivity contribution is -0.150. The van der Waals surface area contributed by atoms with Crippen molar-refractivity contribution in [2.24, 2.45) is 5.41 Å². The van der Waals surface area contributed by atoms with E-state index >= 15 is 0 Å². The normalized spacial score (nSPS) is 15.3. The van der Waals surface area contributed by atoms with Crippen LogP contribution in [-0.2, 0) is 9.53 Å². The molecule has 0 aromatic rings. The lowest BCUT2D eigenvalue weighted by Gasteiger charge is -2.24. The van der Waals surface area contributed by atoms with Crippen molar-refractivity contribution in [1.29, 1.82) is 5.26 Å². The monoisotopic (exact) mass is 209 g/mol. The maximum absolute atomic E-state index is 11.8. The van der Waals surface area contributed by atoms with Crippen LogP contribution in [0.25, 0.3) is 0 Å². The molecular formula is C12H19NO2. The van der Waals surface area contributed by atoms with E-state index in [1.807, 2.05) is 13.8 Å². The Hall–Kier alpha value is -1.30. The van der Waals surface area contributed by atoms with E-state index in [4.69, 9.17) is 4.74 Å². The number of ether oxygens (including phenoxy) is 1. The Morgan fingerprint density at radius 3 is 2.47 bits per heavy atom. The molecule has 1 atom stereocenters. The lowest BCUT2D eigenvalue weighted by Crippen LogP contribution is -2.32. The summed E-state index contributed by atoms with van der Waals surface area (Å²) in [6, 6.07) is 2.11. The van der Waals surface area contributed by atoms with Crippen LogP contribution in [0.4, 0.5) is 0 Å². The van der Waals surface area contributed by atoms with Crippen LogP contribution in [0.5, 0.6) is 0 Å². The summed E-state index contributed by atoms with van der Waals surface area (Å²) in [5.74, 6) is -0.426. The minimum Gasteiger partial charge on any atom is -0.465 e. The number of carbonyl (C=O) groups excluding carboxylic acids is 1. The van der Waals surface area contributed by atoms with E-state index in [-0.39, 0.29) is 0 Å². The number of esters is 1. The Morgan fingerprint density at radius 1 is 1.53 bits per heavy atom. The molecule has 0 fully saturated rings. The summed E-state index contributed by atoms with van der Waals surface area (Å²) in [4.78, 5) is 11.8. The van der Waals surface area contributed by atoms with Crippen LogP contribution in [0.2, 0.25) is 0 Å². The predicted molar refractivity (Wildman–Crippen MR) is 59.0 cm³/mol. The molecule has 1 unspecified atom stereocenters. The summed E-state index contributed by atoms with van der Waals surface area (Å²) in [6.45, 7) is 7.64. The summed E-state index contributed by atoms with van der Waals surface area (Å²) in [6.07, 6.45) is 3.09. The molecule has 84 valence electrons. The fourth-order valence-electron chi connectivity index (χ4n) is 1.53. The average Bonchev–Trinajstić information content (AvgIpc) is 2.25. The zero-order valence-electron chi connectivity index (χ0n) is 9.96. The second kappa shape index (κ2) is 6.23. The fourth-order valence-corrected chi connectivity index (χ4v) is 1.53. The molecule has 0 aliphatic rings. The molecule has 0 saturated heterocycles. The summed E-state index contributed by atoms with van der Waals surface area (Å²) >= 11 is 0. The van der Waals surface area contributed by atoms with Crippen LogP contribution in [0.15, 0.2) is 11.6 Å². The zero-order chi connectivity index (χ0) is 11.9. The maximum Gasteiger partial charge on any atom is 0.330 e. The molecule has 0 heterocycles. The number of hydrogen-bond acceptors (Lipinski definition) is 3. The first-order valence-corrected chi connectivity index (χ1v) is 5.30. The summed E-state index contributed by atoms with van der Waals surface area (Å²) in [7, 11) is 0. The van der Waals surface area contributed by atoms with Crippen molar-refractivity contribution in [3.05, 3.63) is 11.6 Å². The molecule has 0 N–H and O–H groups in total. The van der Waals surface area contributed by atoms with E-state index in [0.29, 0.717) is 13.0 Å². The van der Waals surface area contributed by atoms with Gasteiger partial charge in [0.05, 0.1) is 12.7 Å². The van der Waals surface area contributed by atoms with E-state index in [0.717, 1.165) is 12.0 Å². The molecule has 0 amide bonds. The second-order valence-corrected chi connectivity index (χ2v) is 3.46. The molecule has 3 nitrogen and oxygen atoms in total. The van der Waals surface area contributed by atoms with Crippen molar-refractivity contribution >= 4 is 5.97 Å². The van der Waals surface area contributed by atoms with Crippen molar-refractivity contribution in [3.63, 3.8) is 0 Å². The number of allylic oxidation sites excluding steroid dienone is 1. The van der Waals surface area contributed by atoms with Gasteiger partial charge in [-0.3, -0.25) is 0 Å². The number of hydrogen-bond donors (Lipinski definition) is 0. The third-order valence-corrected chi connectivity index (χ3v) is 2.55. The number of rotatable bonds is 5. The summed E-state index contributed by atoms with van der Waals surface area (Å²) in [5.41, 5.74) is -0.315. The van der Waals surface area contributed by atoms with Gasteiger partial charge in [-0.1, -0.05) is 19.4 Å². The average molecular weight is 209 g/mol. The van der Waals surface area contributed by atoms with Gasteiger partial charge in [-0.25, -0.2) is 4.79 Å². The minimum absolute atomic E-state index is 0.309. The van der Waals surface area contributed by atoms with Crippen LogP contribution in [-0.4, -0.2) is 12.6 Å². The molecule has 0 bridgehead atoms. The SMILES string of the molecule is C/C=C(\C)C(C#N)(CCC)C(=O)OCC. The highest BCUT2D eigenvalue weighted by Crippen LogP contribution is 2.33. The first-order valence-electron chi connectivity index (χ1n) is 5.30. The van der Waals surface area contributed by atoms with Crippen LogP contribution in [0, 0.1) is 16.7 Å². The van der Waals surface area contributed by atoms with Crippen molar-refractivity contribution in [2.45, 2.75) is 40.5 Å². The van der Waals surface area contributed by atoms with Crippen LogP contribution in [0.1, 0.15) is 40.5 Å². The van der Waals surface area contributed by atoms with Gasteiger partial charge in [-0.15, -0.1) is 0 Å². The summed E-state index contributed by atoms with van der Waals surface area (Å²) < 4.78 is 4.97. The standard InChI is InChI=1S/C12H19NO2/c1-5-8-12(9-13,10(4)6-2)11(14)15-7-3/h6H,5,7-8H2,1-4H3/b10-6+. The molecule has 0 rings (SSSR count). The van der Waals surface area contributed by atoms with Gasteiger partial charge in [0.1, 0.15) is 0 Å². The molecule has 0 aromatic heterocycles. The Kier molecular flexibility index (Phi) is 5.69. The lowest BCUT2D eigenvalue weighted by atomic mass is 9.78. The van der Waals surface area contributed by atoms with Crippen molar-refractivity contribution in [3.8, 4) is 6.07 Å². The highest BCUT2D eigenvalue weighted by molar-refractivity contribution is 5.83. The van der Waals surface area contributed by atoms with Gasteiger partial charge in [0, 0.05) is 0 Å². The molecular weight excluding hydrogens is 190 g/mol. The molecule has 0 spiro atoms. The third kappa shape index (κ3) is 2.82.